The van der Waals surface area contributed by atoms with Crippen molar-refractivity contribution in [3.8, 4) is 0 Å². The quantitative estimate of drug-likeness (QED) is 0.668. The maximum absolute atomic E-state index is 11.9. The van der Waals surface area contributed by atoms with Crippen LogP contribution in [0.2, 0.25) is 0 Å². The second kappa shape index (κ2) is 3.17. The molecule has 13 heavy (non-hydrogen) atoms. The molecule has 0 radical (unpaired) electrons. The van der Waals surface area contributed by atoms with Crippen LogP contribution in [0.3, 0.4) is 0 Å². The molecule has 2 aliphatic heterocycles. The predicted octanol–water partition coefficient (Wildman–Crippen LogP) is 0.442. The van der Waals surface area contributed by atoms with Gasteiger partial charge in [-0.05, 0) is 25.5 Å². The van der Waals surface area contributed by atoms with Crippen molar-refractivity contribution in [3.63, 3.8) is 0 Å². The second-order valence-electron chi connectivity index (χ2n) is 4.15. The minimum absolute atomic E-state index is 0.139. The first-order chi connectivity index (χ1) is 6.12. The van der Waals surface area contributed by atoms with Crippen LogP contribution >= 0.6 is 11.8 Å². The normalized spacial score (nSPS) is 34.8. The van der Waals surface area contributed by atoms with Gasteiger partial charge in [-0.25, -0.2) is 0 Å². The van der Waals surface area contributed by atoms with Crippen LogP contribution in [0.4, 0.5) is 0 Å². The van der Waals surface area contributed by atoms with Crippen LogP contribution in [0.25, 0.3) is 0 Å². The molecular weight excluding hydrogens is 184 g/mol. The first kappa shape index (κ1) is 9.34. The highest BCUT2D eigenvalue weighted by molar-refractivity contribution is 8.01. The van der Waals surface area contributed by atoms with Crippen molar-refractivity contribution in [1.82, 2.24) is 4.90 Å². The molecule has 2 rings (SSSR count). The van der Waals surface area contributed by atoms with Gasteiger partial charge >= 0.3 is 0 Å². The second-order valence-corrected chi connectivity index (χ2v) is 5.75. The molecule has 0 spiro atoms. The van der Waals surface area contributed by atoms with Crippen LogP contribution in [0.5, 0.6) is 0 Å². The SMILES string of the molecule is CC1(C(=O)N2CC(N)C2)CCCS1. The molecule has 0 saturated carbocycles. The van der Waals surface area contributed by atoms with Gasteiger partial charge in [-0.15, -0.1) is 11.8 Å². The molecule has 1 unspecified atom stereocenters. The van der Waals surface area contributed by atoms with E-state index >= 15 is 0 Å². The maximum Gasteiger partial charge on any atom is 0.238 e. The molecule has 2 fully saturated rings. The van der Waals surface area contributed by atoms with Gasteiger partial charge in [-0.3, -0.25) is 4.79 Å². The van der Waals surface area contributed by atoms with Gasteiger partial charge in [0.15, 0.2) is 0 Å². The van der Waals surface area contributed by atoms with Crippen molar-refractivity contribution < 1.29 is 4.79 Å². The number of nitrogens with two attached hydrogens (primary N) is 1. The van der Waals surface area contributed by atoms with Crippen molar-refractivity contribution >= 4 is 17.7 Å². The van der Waals surface area contributed by atoms with E-state index in [1.165, 1.54) is 6.42 Å². The summed E-state index contributed by atoms with van der Waals surface area (Å²) in [6, 6.07) is 0.221. The fourth-order valence-electron chi connectivity index (χ4n) is 1.96. The minimum Gasteiger partial charge on any atom is -0.338 e. The van der Waals surface area contributed by atoms with Crippen molar-refractivity contribution in [2.75, 3.05) is 18.8 Å². The van der Waals surface area contributed by atoms with Gasteiger partial charge in [0, 0.05) is 19.1 Å². The third-order valence-corrected chi connectivity index (χ3v) is 4.38. The molecule has 2 aliphatic rings. The molecule has 1 amide bonds. The van der Waals surface area contributed by atoms with Gasteiger partial charge in [-0.2, -0.15) is 0 Å². The average molecular weight is 200 g/mol. The highest BCUT2D eigenvalue weighted by Crippen LogP contribution is 2.39. The molecule has 0 aromatic rings. The summed E-state index contributed by atoms with van der Waals surface area (Å²) in [5.74, 6) is 1.43. The Kier molecular flexibility index (Phi) is 2.28. The Morgan fingerprint density at radius 3 is 2.77 bits per heavy atom. The van der Waals surface area contributed by atoms with Gasteiger partial charge in [-0.1, -0.05) is 0 Å². The van der Waals surface area contributed by atoms with Gasteiger partial charge in [0.2, 0.25) is 5.91 Å². The fraction of sp³-hybridized carbons (Fsp3) is 0.889. The number of nitrogens with zero attached hydrogens (tertiary/aromatic N) is 1. The summed E-state index contributed by atoms with van der Waals surface area (Å²) in [5.41, 5.74) is 5.65. The fourth-order valence-corrected chi connectivity index (χ4v) is 3.24. The Labute approximate surface area is 83.0 Å². The molecule has 0 aromatic heterocycles. The van der Waals surface area contributed by atoms with Crippen molar-refractivity contribution in [2.24, 2.45) is 5.73 Å². The summed E-state index contributed by atoms with van der Waals surface area (Å²) in [4.78, 5) is 13.8. The van der Waals surface area contributed by atoms with E-state index in [1.807, 2.05) is 4.90 Å². The Balaban J connectivity index is 1.96. The van der Waals surface area contributed by atoms with E-state index < -0.39 is 0 Å². The van der Waals surface area contributed by atoms with E-state index in [0.717, 1.165) is 25.3 Å². The number of hydrogen-bond donors (Lipinski definition) is 1. The zero-order chi connectivity index (χ0) is 9.47. The lowest BCUT2D eigenvalue weighted by Crippen LogP contribution is -2.61. The molecule has 74 valence electrons. The zero-order valence-electron chi connectivity index (χ0n) is 7.95. The highest BCUT2D eigenvalue weighted by Gasteiger charge is 2.42. The summed E-state index contributed by atoms with van der Waals surface area (Å²) in [5, 5.41) is 0. The van der Waals surface area contributed by atoms with Crippen LogP contribution < -0.4 is 5.73 Å². The molecule has 0 aliphatic carbocycles. The summed E-state index contributed by atoms with van der Waals surface area (Å²) in [6.07, 6.45) is 2.20. The Morgan fingerprint density at radius 2 is 2.31 bits per heavy atom. The first-order valence-corrected chi connectivity index (χ1v) is 5.79. The summed E-state index contributed by atoms with van der Waals surface area (Å²) >= 11 is 1.80. The van der Waals surface area contributed by atoms with E-state index in [4.69, 9.17) is 5.73 Å². The minimum atomic E-state index is -0.139. The molecular formula is C9H16N2OS. The number of hydrogen-bond acceptors (Lipinski definition) is 3. The molecule has 1 atom stereocenters. The standard InChI is InChI=1S/C9H16N2OS/c1-9(3-2-4-13-9)8(12)11-5-7(10)6-11/h7H,2-6,10H2,1H3. The Morgan fingerprint density at radius 1 is 1.62 bits per heavy atom. The number of thioether (sulfide) groups is 1. The number of rotatable bonds is 1. The number of carbonyl (C=O) groups excluding carboxylic acids is 1. The van der Waals surface area contributed by atoms with Crippen LogP contribution in [0, 0.1) is 0 Å². The monoisotopic (exact) mass is 200 g/mol. The molecule has 4 heteroatoms. The number of likely N-dealkylation sites (tertiary alicyclic amines) is 1. The van der Waals surface area contributed by atoms with Gasteiger partial charge in [0.1, 0.15) is 0 Å². The number of carbonyl (C=O) groups is 1. The topological polar surface area (TPSA) is 46.3 Å². The molecule has 2 N–H and O–H groups in total. The number of amides is 1. The van der Waals surface area contributed by atoms with E-state index in [-0.39, 0.29) is 10.8 Å². The van der Waals surface area contributed by atoms with E-state index in [0.29, 0.717) is 5.91 Å². The predicted molar refractivity (Wildman–Crippen MR) is 54.7 cm³/mol. The lowest BCUT2D eigenvalue weighted by atomic mass is 10.0. The van der Waals surface area contributed by atoms with Gasteiger partial charge < -0.3 is 10.6 Å². The third kappa shape index (κ3) is 1.57. The van der Waals surface area contributed by atoms with Crippen molar-refractivity contribution in [3.05, 3.63) is 0 Å². The summed E-state index contributed by atoms with van der Waals surface area (Å²) in [6.45, 7) is 3.58. The molecule has 2 saturated heterocycles. The van der Waals surface area contributed by atoms with Crippen LogP contribution in [0.15, 0.2) is 0 Å². The van der Waals surface area contributed by atoms with Gasteiger partial charge in [0.25, 0.3) is 0 Å². The Hall–Kier alpha value is -0.220. The van der Waals surface area contributed by atoms with Crippen LogP contribution in [0.1, 0.15) is 19.8 Å². The largest absolute Gasteiger partial charge is 0.338 e. The van der Waals surface area contributed by atoms with E-state index in [2.05, 4.69) is 6.92 Å². The zero-order valence-corrected chi connectivity index (χ0v) is 8.77. The van der Waals surface area contributed by atoms with Crippen LogP contribution in [-0.4, -0.2) is 40.4 Å². The molecule has 0 aromatic carbocycles. The maximum atomic E-state index is 11.9. The smallest absolute Gasteiger partial charge is 0.238 e. The third-order valence-electron chi connectivity index (χ3n) is 2.87. The lowest BCUT2D eigenvalue weighted by molar-refractivity contribution is -0.137. The van der Waals surface area contributed by atoms with Crippen molar-refractivity contribution in [1.29, 1.82) is 0 Å². The highest BCUT2D eigenvalue weighted by atomic mass is 32.2. The molecule has 2 heterocycles. The van der Waals surface area contributed by atoms with E-state index in [9.17, 15) is 4.79 Å². The molecule has 0 bridgehead atoms. The van der Waals surface area contributed by atoms with Gasteiger partial charge in [0.05, 0.1) is 4.75 Å². The van der Waals surface area contributed by atoms with E-state index in [1.54, 1.807) is 11.8 Å². The first-order valence-electron chi connectivity index (χ1n) is 4.81. The average Bonchev–Trinajstić information content (AvgIpc) is 2.46. The summed E-state index contributed by atoms with van der Waals surface area (Å²) < 4.78 is -0.139. The van der Waals surface area contributed by atoms with Crippen molar-refractivity contribution in [2.45, 2.75) is 30.6 Å². The summed E-state index contributed by atoms with van der Waals surface area (Å²) in [7, 11) is 0. The Bertz CT molecular complexity index is 220. The molecule has 3 nitrogen and oxygen atoms in total. The van der Waals surface area contributed by atoms with Crippen LogP contribution in [-0.2, 0) is 4.79 Å². The lowest BCUT2D eigenvalue weighted by Gasteiger charge is -2.41.